The van der Waals surface area contributed by atoms with Crippen molar-refractivity contribution in [3.63, 3.8) is 0 Å². The van der Waals surface area contributed by atoms with E-state index in [2.05, 4.69) is 14.4 Å². The molecule has 2 aromatic carbocycles. The van der Waals surface area contributed by atoms with Gasteiger partial charge in [-0.15, -0.1) is 4.40 Å². The normalized spacial score (nSPS) is 15.7. The van der Waals surface area contributed by atoms with Crippen LogP contribution in [0.25, 0.3) is 0 Å². The number of nitrogens with zero attached hydrogens (tertiary/aromatic N) is 1. The van der Waals surface area contributed by atoms with Crippen molar-refractivity contribution < 1.29 is 16.8 Å². The standard InChI is InChI=1S/C14H13N3O4S2/c18-22(19,16-9-11-4-2-1-3-5-11)12-6-7-13-14(8-12)23(20,21)17-10-15-13/h1-8,10,16H,9H2,(H,15,17). The number of nitrogens with one attached hydrogen (secondary N) is 2. The van der Waals surface area contributed by atoms with Crippen molar-refractivity contribution >= 4 is 32.1 Å². The average molecular weight is 351 g/mol. The lowest BCUT2D eigenvalue weighted by molar-refractivity contribution is 0.581. The van der Waals surface area contributed by atoms with Crippen LogP contribution in [-0.2, 0) is 26.6 Å². The maximum absolute atomic E-state index is 12.3. The number of hydrogen-bond acceptors (Lipinski definition) is 5. The molecule has 0 bridgehead atoms. The molecule has 0 unspecified atom stereocenters. The lowest BCUT2D eigenvalue weighted by atomic mass is 10.2. The van der Waals surface area contributed by atoms with E-state index in [0.29, 0.717) is 5.69 Å². The van der Waals surface area contributed by atoms with Crippen molar-refractivity contribution in [3.05, 3.63) is 54.1 Å². The quantitative estimate of drug-likeness (QED) is 0.864. The third-order valence-corrected chi connectivity index (χ3v) is 5.94. The molecule has 3 rings (SSSR count). The second-order valence-corrected chi connectivity index (χ2v) is 8.19. The monoisotopic (exact) mass is 351 g/mol. The van der Waals surface area contributed by atoms with Crippen LogP contribution in [0.5, 0.6) is 0 Å². The molecule has 0 atom stereocenters. The fraction of sp³-hybridized carbons (Fsp3) is 0.0714. The van der Waals surface area contributed by atoms with Gasteiger partial charge in [-0.05, 0) is 23.8 Å². The minimum Gasteiger partial charge on any atom is -0.345 e. The summed E-state index contributed by atoms with van der Waals surface area (Å²) in [6.07, 6.45) is 1.06. The van der Waals surface area contributed by atoms with E-state index in [0.717, 1.165) is 18.0 Å². The highest BCUT2D eigenvalue weighted by Crippen LogP contribution is 2.28. The van der Waals surface area contributed by atoms with Gasteiger partial charge >= 0.3 is 0 Å². The summed E-state index contributed by atoms with van der Waals surface area (Å²) >= 11 is 0. The van der Waals surface area contributed by atoms with Crippen molar-refractivity contribution in [2.75, 3.05) is 5.32 Å². The van der Waals surface area contributed by atoms with Crippen LogP contribution < -0.4 is 10.0 Å². The van der Waals surface area contributed by atoms with Gasteiger partial charge < -0.3 is 5.32 Å². The molecule has 1 aliphatic rings. The molecule has 1 heterocycles. The summed E-state index contributed by atoms with van der Waals surface area (Å²) < 4.78 is 54.2. The SMILES string of the molecule is O=S1(=O)N=CNc2ccc(S(=O)(=O)NCc3ccccc3)cc21. The van der Waals surface area contributed by atoms with Gasteiger partial charge in [-0.2, -0.15) is 8.42 Å². The van der Waals surface area contributed by atoms with Crippen molar-refractivity contribution in [3.8, 4) is 0 Å². The fourth-order valence-corrected chi connectivity index (χ4v) is 4.19. The van der Waals surface area contributed by atoms with Gasteiger partial charge in [0, 0.05) is 6.54 Å². The summed E-state index contributed by atoms with van der Waals surface area (Å²) in [5.74, 6) is 0. The lowest BCUT2D eigenvalue weighted by Crippen LogP contribution is -2.24. The molecule has 0 saturated heterocycles. The summed E-state index contributed by atoms with van der Waals surface area (Å²) in [6, 6.07) is 12.9. The Kier molecular flexibility index (Phi) is 3.92. The molecule has 7 nitrogen and oxygen atoms in total. The Bertz CT molecular complexity index is 968. The highest BCUT2D eigenvalue weighted by molar-refractivity contribution is 7.91. The zero-order chi connectivity index (χ0) is 16.5. The van der Waals surface area contributed by atoms with E-state index in [-0.39, 0.29) is 16.3 Å². The molecule has 2 N–H and O–H groups in total. The highest BCUT2D eigenvalue weighted by Gasteiger charge is 2.24. The van der Waals surface area contributed by atoms with Gasteiger partial charge in [0.15, 0.2) is 0 Å². The molecule has 0 aliphatic carbocycles. The smallest absolute Gasteiger partial charge is 0.285 e. The van der Waals surface area contributed by atoms with E-state index >= 15 is 0 Å². The van der Waals surface area contributed by atoms with Crippen molar-refractivity contribution in [1.29, 1.82) is 0 Å². The number of rotatable bonds is 4. The van der Waals surface area contributed by atoms with Crippen LogP contribution in [0, 0.1) is 0 Å². The molecule has 120 valence electrons. The van der Waals surface area contributed by atoms with Gasteiger partial charge in [0.25, 0.3) is 10.0 Å². The topological polar surface area (TPSA) is 105 Å². The summed E-state index contributed by atoms with van der Waals surface area (Å²) in [7, 11) is -7.71. The first kappa shape index (κ1) is 15.7. The summed E-state index contributed by atoms with van der Waals surface area (Å²) in [5, 5.41) is 2.67. The van der Waals surface area contributed by atoms with E-state index in [9.17, 15) is 16.8 Å². The Balaban J connectivity index is 1.90. The lowest BCUT2D eigenvalue weighted by Gasteiger charge is -2.14. The second kappa shape index (κ2) is 5.76. The zero-order valence-electron chi connectivity index (χ0n) is 11.8. The van der Waals surface area contributed by atoms with Crippen LogP contribution in [0.15, 0.2) is 62.7 Å². The maximum Gasteiger partial charge on any atom is 0.285 e. The number of fused-ring (bicyclic) bond motifs is 1. The molecule has 0 fully saturated rings. The van der Waals surface area contributed by atoms with Crippen LogP contribution >= 0.6 is 0 Å². The summed E-state index contributed by atoms with van der Waals surface area (Å²) in [6.45, 7) is 0.114. The van der Waals surface area contributed by atoms with Crippen molar-refractivity contribution in [2.24, 2.45) is 4.40 Å². The van der Waals surface area contributed by atoms with E-state index in [1.165, 1.54) is 12.1 Å². The minimum atomic E-state index is -3.88. The molecule has 0 spiro atoms. The highest BCUT2D eigenvalue weighted by atomic mass is 32.2. The van der Waals surface area contributed by atoms with Gasteiger partial charge in [-0.1, -0.05) is 30.3 Å². The van der Waals surface area contributed by atoms with Crippen LogP contribution in [-0.4, -0.2) is 23.2 Å². The Labute approximate surface area is 134 Å². The molecule has 0 aromatic heterocycles. The van der Waals surface area contributed by atoms with Crippen molar-refractivity contribution in [2.45, 2.75) is 16.3 Å². The van der Waals surface area contributed by atoms with E-state index in [1.54, 1.807) is 24.3 Å². The van der Waals surface area contributed by atoms with Gasteiger partial charge in [-0.25, -0.2) is 13.1 Å². The third-order valence-electron chi connectivity index (χ3n) is 3.26. The Morgan fingerprint density at radius 1 is 1.09 bits per heavy atom. The largest absolute Gasteiger partial charge is 0.345 e. The summed E-state index contributed by atoms with van der Waals surface area (Å²) in [5.41, 5.74) is 1.09. The van der Waals surface area contributed by atoms with E-state index in [1.807, 2.05) is 6.07 Å². The molecule has 1 aliphatic heterocycles. The zero-order valence-corrected chi connectivity index (χ0v) is 13.4. The molecule has 23 heavy (non-hydrogen) atoms. The molecule has 0 radical (unpaired) electrons. The maximum atomic E-state index is 12.3. The Morgan fingerprint density at radius 3 is 2.57 bits per heavy atom. The van der Waals surface area contributed by atoms with Gasteiger partial charge in [-0.3, -0.25) is 0 Å². The number of sulfonamides is 2. The Hall–Kier alpha value is -2.23. The first-order chi connectivity index (χ1) is 10.9. The van der Waals surface area contributed by atoms with E-state index in [4.69, 9.17) is 0 Å². The molecular formula is C14H13N3O4S2. The van der Waals surface area contributed by atoms with Gasteiger partial charge in [0.2, 0.25) is 10.0 Å². The van der Waals surface area contributed by atoms with Crippen LogP contribution in [0.4, 0.5) is 5.69 Å². The second-order valence-electron chi connectivity index (χ2n) is 4.82. The molecule has 2 aromatic rings. The van der Waals surface area contributed by atoms with Gasteiger partial charge in [0.1, 0.15) is 11.2 Å². The first-order valence-electron chi connectivity index (χ1n) is 6.61. The van der Waals surface area contributed by atoms with Crippen LogP contribution in [0.2, 0.25) is 0 Å². The fourth-order valence-electron chi connectivity index (χ4n) is 2.08. The summed E-state index contributed by atoms with van der Waals surface area (Å²) in [4.78, 5) is -0.294. The number of hydrogen-bond donors (Lipinski definition) is 2. The predicted molar refractivity (Wildman–Crippen MR) is 86.2 cm³/mol. The van der Waals surface area contributed by atoms with Crippen molar-refractivity contribution in [1.82, 2.24) is 4.72 Å². The average Bonchev–Trinajstić information content (AvgIpc) is 2.53. The third kappa shape index (κ3) is 3.26. The predicted octanol–water partition coefficient (Wildman–Crippen LogP) is 1.31. The molecule has 9 heteroatoms. The Morgan fingerprint density at radius 2 is 1.83 bits per heavy atom. The van der Waals surface area contributed by atoms with E-state index < -0.39 is 20.0 Å². The van der Waals surface area contributed by atoms with Crippen LogP contribution in [0.3, 0.4) is 0 Å². The molecule has 0 saturated carbocycles. The van der Waals surface area contributed by atoms with Gasteiger partial charge in [0.05, 0.1) is 10.6 Å². The minimum absolute atomic E-state index is 0.114. The molecular weight excluding hydrogens is 338 g/mol. The number of benzene rings is 2. The molecule has 0 amide bonds. The number of anilines is 1. The first-order valence-corrected chi connectivity index (χ1v) is 9.54. The van der Waals surface area contributed by atoms with Crippen LogP contribution in [0.1, 0.15) is 5.56 Å².